The first-order valence-electron chi connectivity index (χ1n) is 8.24. The van der Waals surface area contributed by atoms with E-state index in [9.17, 15) is 18.0 Å². The Balaban J connectivity index is 1.83. The molecule has 2 heterocycles. The molecule has 27 heavy (non-hydrogen) atoms. The maximum absolute atomic E-state index is 13.2. The van der Waals surface area contributed by atoms with E-state index >= 15 is 0 Å². The summed E-state index contributed by atoms with van der Waals surface area (Å²) in [6.45, 7) is 3.31. The normalized spacial score (nSPS) is 11.6. The number of hydrogen-bond donors (Lipinski definition) is 0. The van der Waals surface area contributed by atoms with Gasteiger partial charge in [-0.15, -0.1) is 0 Å². The number of aromatic nitrogens is 2. The number of rotatable bonds is 5. The van der Waals surface area contributed by atoms with E-state index in [1.807, 2.05) is 0 Å². The van der Waals surface area contributed by atoms with Gasteiger partial charge in [0.25, 0.3) is 0 Å². The van der Waals surface area contributed by atoms with Gasteiger partial charge in [0.1, 0.15) is 18.0 Å². The topological polar surface area (TPSA) is 52.8 Å². The third-order valence-corrected chi connectivity index (χ3v) is 4.01. The molecule has 0 fully saturated rings. The maximum atomic E-state index is 13.2. The number of fused-ring (bicyclic) bond motifs is 1. The van der Waals surface area contributed by atoms with E-state index in [2.05, 4.69) is 4.98 Å². The van der Waals surface area contributed by atoms with Crippen molar-refractivity contribution in [2.24, 2.45) is 0 Å². The molecule has 0 unspecified atom stereocenters. The molecule has 0 aliphatic carbocycles. The molecule has 0 aliphatic rings. The first kappa shape index (κ1) is 18.8. The minimum absolute atomic E-state index is 0.0861. The Morgan fingerprint density at radius 2 is 1.96 bits per heavy atom. The Kier molecular flexibility index (Phi) is 5.07. The lowest BCUT2D eigenvalue weighted by molar-refractivity contribution is -0.138. The minimum Gasteiger partial charge on any atom is -0.487 e. The number of aryl methyl sites for hydroxylation is 1. The molecule has 0 bridgehead atoms. The highest BCUT2D eigenvalue weighted by molar-refractivity contribution is 5.87. The van der Waals surface area contributed by atoms with Crippen molar-refractivity contribution in [2.75, 3.05) is 6.61 Å². The van der Waals surface area contributed by atoms with Gasteiger partial charge in [-0.1, -0.05) is 12.1 Å². The summed E-state index contributed by atoms with van der Waals surface area (Å²) < 4.78 is 51.6. The van der Waals surface area contributed by atoms with Crippen LogP contribution in [-0.4, -0.2) is 22.0 Å². The number of ether oxygens (including phenoxy) is 2. The highest BCUT2D eigenvalue weighted by Gasteiger charge is 2.33. The van der Waals surface area contributed by atoms with Crippen LogP contribution in [0.4, 0.5) is 13.2 Å². The molecule has 0 atom stereocenters. The van der Waals surface area contributed by atoms with Crippen molar-refractivity contribution >= 4 is 11.6 Å². The predicted octanol–water partition coefficient (Wildman–Crippen LogP) is 4.42. The van der Waals surface area contributed by atoms with Crippen molar-refractivity contribution in [1.29, 1.82) is 0 Å². The molecule has 8 heteroatoms. The Morgan fingerprint density at radius 3 is 2.67 bits per heavy atom. The summed E-state index contributed by atoms with van der Waals surface area (Å²) in [5.74, 6) is -0.190. The van der Waals surface area contributed by atoms with Gasteiger partial charge in [-0.3, -0.25) is 0 Å². The lowest BCUT2D eigenvalue weighted by atomic mass is 10.0. The Hall–Kier alpha value is -3.03. The average Bonchev–Trinajstić information content (AvgIpc) is 3.03. The van der Waals surface area contributed by atoms with Gasteiger partial charge in [0, 0.05) is 11.8 Å². The van der Waals surface area contributed by atoms with E-state index in [0.29, 0.717) is 17.0 Å². The van der Waals surface area contributed by atoms with Crippen LogP contribution in [0.1, 0.15) is 34.1 Å². The summed E-state index contributed by atoms with van der Waals surface area (Å²) in [5.41, 5.74) is 0.515. The molecule has 142 valence electrons. The van der Waals surface area contributed by atoms with Crippen LogP contribution < -0.4 is 4.74 Å². The van der Waals surface area contributed by atoms with Gasteiger partial charge < -0.3 is 13.9 Å². The number of halogens is 3. The fourth-order valence-electron chi connectivity index (χ4n) is 2.68. The molecule has 0 radical (unpaired) electrons. The van der Waals surface area contributed by atoms with E-state index in [1.54, 1.807) is 42.6 Å². The first-order chi connectivity index (χ1) is 12.8. The molecule has 0 amide bonds. The summed E-state index contributed by atoms with van der Waals surface area (Å²) in [5, 5.41) is 0. The molecule has 0 spiro atoms. The SMILES string of the molecule is CCOC(=O)c1cn2cc(OCc3c(C)cccc3C(F)(F)F)ccc2n1. The lowest BCUT2D eigenvalue weighted by Crippen LogP contribution is -2.12. The largest absolute Gasteiger partial charge is 0.487 e. The smallest absolute Gasteiger partial charge is 0.416 e. The van der Waals surface area contributed by atoms with Gasteiger partial charge in [-0.05, 0) is 37.6 Å². The van der Waals surface area contributed by atoms with E-state index < -0.39 is 17.7 Å². The predicted molar refractivity (Wildman–Crippen MR) is 91.7 cm³/mol. The number of imidazole rings is 1. The fraction of sp³-hybridized carbons (Fsp3) is 0.263. The maximum Gasteiger partial charge on any atom is 0.416 e. The van der Waals surface area contributed by atoms with Crippen LogP contribution in [0.3, 0.4) is 0 Å². The molecule has 0 N–H and O–H groups in total. The van der Waals surface area contributed by atoms with Gasteiger partial charge in [-0.25, -0.2) is 9.78 Å². The highest BCUT2D eigenvalue weighted by Crippen LogP contribution is 2.33. The second kappa shape index (κ2) is 7.30. The number of carbonyl (C=O) groups excluding carboxylic acids is 1. The number of hydrogen-bond acceptors (Lipinski definition) is 4. The molecule has 5 nitrogen and oxygen atoms in total. The molecule has 3 aromatic rings. The lowest BCUT2D eigenvalue weighted by Gasteiger charge is -2.16. The summed E-state index contributed by atoms with van der Waals surface area (Å²) >= 11 is 0. The van der Waals surface area contributed by atoms with E-state index in [1.165, 1.54) is 12.3 Å². The number of esters is 1. The van der Waals surface area contributed by atoms with Crippen LogP contribution in [0.5, 0.6) is 5.75 Å². The van der Waals surface area contributed by atoms with Gasteiger partial charge in [0.15, 0.2) is 5.69 Å². The highest BCUT2D eigenvalue weighted by atomic mass is 19.4. The Morgan fingerprint density at radius 1 is 1.19 bits per heavy atom. The third-order valence-electron chi connectivity index (χ3n) is 4.01. The van der Waals surface area contributed by atoms with Crippen LogP contribution >= 0.6 is 0 Å². The summed E-state index contributed by atoms with van der Waals surface area (Å²) in [4.78, 5) is 15.9. The van der Waals surface area contributed by atoms with Crippen molar-refractivity contribution in [1.82, 2.24) is 9.38 Å². The van der Waals surface area contributed by atoms with Gasteiger partial charge >= 0.3 is 12.1 Å². The molecule has 0 aliphatic heterocycles. The van der Waals surface area contributed by atoms with Crippen LogP contribution in [0.2, 0.25) is 0 Å². The number of nitrogens with zero attached hydrogens (tertiary/aromatic N) is 2. The van der Waals surface area contributed by atoms with Crippen LogP contribution in [0.15, 0.2) is 42.7 Å². The Bertz CT molecular complexity index is 980. The van der Waals surface area contributed by atoms with E-state index in [0.717, 1.165) is 6.07 Å². The molecule has 0 saturated carbocycles. The van der Waals surface area contributed by atoms with E-state index in [4.69, 9.17) is 9.47 Å². The minimum atomic E-state index is -4.45. The number of pyridine rings is 1. The zero-order valence-electron chi connectivity index (χ0n) is 14.7. The van der Waals surface area contributed by atoms with E-state index in [-0.39, 0.29) is 24.5 Å². The summed E-state index contributed by atoms with van der Waals surface area (Å²) in [7, 11) is 0. The van der Waals surface area contributed by atoms with Crippen LogP contribution in [0, 0.1) is 6.92 Å². The standard InChI is InChI=1S/C19H17F3N2O3/c1-3-26-18(25)16-10-24-9-13(7-8-17(24)23-16)27-11-14-12(2)5-4-6-15(14)19(20,21)22/h4-10H,3,11H2,1-2H3. The number of benzene rings is 1. The van der Waals surface area contributed by atoms with Gasteiger partial charge in [0.2, 0.25) is 0 Å². The average molecular weight is 378 g/mol. The van der Waals surface area contributed by atoms with Crippen molar-refractivity contribution in [2.45, 2.75) is 26.6 Å². The van der Waals surface area contributed by atoms with Gasteiger partial charge in [0.05, 0.1) is 18.4 Å². The number of alkyl halides is 3. The molecule has 1 aromatic carbocycles. The van der Waals surface area contributed by atoms with Crippen molar-refractivity contribution in [3.8, 4) is 5.75 Å². The summed E-state index contributed by atoms with van der Waals surface area (Å²) in [6.07, 6.45) is -1.42. The summed E-state index contributed by atoms with van der Waals surface area (Å²) in [6, 6.07) is 7.22. The Labute approximate surface area is 153 Å². The van der Waals surface area contributed by atoms with Crippen molar-refractivity contribution in [3.63, 3.8) is 0 Å². The zero-order chi connectivity index (χ0) is 19.6. The van der Waals surface area contributed by atoms with Crippen molar-refractivity contribution in [3.05, 3.63) is 65.1 Å². The molecule has 3 rings (SSSR count). The quantitative estimate of drug-likeness (QED) is 0.617. The molecular formula is C19H17F3N2O3. The zero-order valence-corrected chi connectivity index (χ0v) is 14.7. The van der Waals surface area contributed by atoms with Crippen LogP contribution in [0.25, 0.3) is 5.65 Å². The second-order valence-corrected chi connectivity index (χ2v) is 5.86. The number of carbonyl (C=O) groups is 1. The second-order valence-electron chi connectivity index (χ2n) is 5.86. The first-order valence-corrected chi connectivity index (χ1v) is 8.24. The monoisotopic (exact) mass is 378 g/mol. The van der Waals surface area contributed by atoms with Crippen LogP contribution in [-0.2, 0) is 17.5 Å². The third kappa shape index (κ3) is 4.05. The van der Waals surface area contributed by atoms with Gasteiger partial charge in [-0.2, -0.15) is 13.2 Å². The molecule has 2 aromatic heterocycles. The molecule has 0 saturated heterocycles. The van der Waals surface area contributed by atoms with Crippen molar-refractivity contribution < 1.29 is 27.4 Å². The fourth-order valence-corrected chi connectivity index (χ4v) is 2.68. The molecular weight excluding hydrogens is 361 g/mol.